The summed E-state index contributed by atoms with van der Waals surface area (Å²) in [4.78, 5) is 0.310. The van der Waals surface area contributed by atoms with E-state index in [2.05, 4.69) is 23.1 Å². The molecule has 0 amide bonds. The van der Waals surface area contributed by atoms with Crippen molar-refractivity contribution in [2.24, 2.45) is 0 Å². The second-order valence-electron chi connectivity index (χ2n) is 6.70. The van der Waals surface area contributed by atoms with Gasteiger partial charge >= 0.3 is 0 Å². The highest BCUT2D eigenvalue weighted by Crippen LogP contribution is 2.24. The number of hydrogen-bond acceptors (Lipinski definition) is 3. The molecule has 5 heteroatoms. The van der Waals surface area contributed by atoms with Crippen LogP contribution in [0.15, 0.2) is 60.0 Å². The van der Waals surface area contributed by atoms with Crippen LogP contribution in [0.5, 0.6) is 5.75 Å². The van der Waals surface area contributed by atoms with Gasteiger partial charge in [-0.15, -0.1) is 6.58 Å². The Morgan fingerprint density at radius 2 is 1.86 bits per heavy atom. The predicted octanol–water partition coefficient (Wildman–Crippen LogP) is 3.65. The van der Waals surface area contributed by atoms with Crippen LogP contribution in [0.25, 0.3) is 0 Å². The van der Waals surface area contributed by atoms with Gasteiger partial charge in [-0.25, -0.2) is 8.42 Å². The lowest BCUT2D eigenvalue weighted by atomic mass is 9.92. The zero-order valence-electron chi connectivity index (χ0n) is 15.9. The molecule has 0 unspecified atom stereocenters. The maximum Gasteiger partial charge on any atom is 0.241 e. The quantitative estimate of drug-likeness (QED) is 0.575. The third-order valence-electron chi connectivity index (χ3n) is 4.74. The first kappa shape index (κ1) is 20.2. The fraction of sp³-hybridized carbons (Fsp3) is 0.304. The summed E-state index contributed by atoms with van der Waals surface area (Å²) < 4.78 is 33.2. The molecule has 1 aliphatic carbocycles. The van der Waals surface area contributed by atoms with Gasteiger partial charge in [-0.1, -0.05) is 42.2 Å². The fourth-order valence-corrected chi connectivity index (χ4v) is 4.26. The van der Waals surface area contributed by atoms with E-state index in [1.54, 1.807) is 12.1 Å². The summed E-state index contributed by atoms with van der Waals surface area (Å²) in [6, 6.07) is 13.1. The summed E-state index contributed by atoms with van der Waals surface area (Å²) >= 11 is 0. The van der Waals surface area contributed by atoms with Crippen molar-refractivity contribution < 1.29 is 13.2 Å². The molecule has 3 rings (SSSR count). The molecule has 0 radical (unpaired) electrons. The SMILES string of the molecule is C=CCc1ccccc1OCC#CCNS(=O)(=O)c1ccc2c(c1)CCCC2. The van der Waals surface area contributed by atoms with E-state index in [1.165, 1.54) is 12.0 Å². The average Bonchev–Trinajstić information content (AvgIpc) is 2.71. The monoisotopic (exact) mass is 395 g/mol. The predicted molar refractivity (Wildman–Crippen MR) is 112 cm³/mol. The fourth-order valence-electron chi connectivity index (χ4n) is 3.29. The number of fused-ring (bicyclic) bond motifs is 1. The van der Waals surface area contributed by atoms with Crippen molar-refractivity contribution in [1.29, 1.82) is 0 Å². The molecular formula is C23H25NO3S. The second kappa shape index (κ2) is 9.59. The lowest BCUT2D eigenvalue weighted by Gasteiger charge is -2.16. The molecule has 0 atom stereocenters. The largest absolute Gasteiger partial charge is 0.481 e. The molecule has 2 aromatic carbocycles. The van der Waals surface area contributed by atoms with Gasteiger partial charge < -0.3 is 4.74 Å². The van der Waals surface area contributed by atoms with Crippen molar-refractivity contribution >= 4 is 10.0 Å². The molecule has 0 spiro atoms. The van der Waals surface area contributed by atoms with Crippen LogP contribution < -0.4 is 9.46 Å². The van der Waals surface area contributed by atoms with Gasteiger partial charge in [-0.3, -0.25) is 0 Å². The van der Waals surface area contributed by atoms with Gasteiger partial charge in [0, 0.05) is 0 Å². The third-order valence-corrected chi connectivity index (χ3v) is 6.14. The van der Waals surface area contributed by atoms with Crippen molar-refractivity contribution in [3.63, 3.8) is 0 Å². The van der Waals surface area contributed by atoms with Gasteiger partial charge in [0.15, 0.2) is 0 Å². The lowest BCUT2D eigenvalue weighted by molar-refractivity contribution is 0.366. The smallest absolute Gasteiger partial charge is 0.241 e. The highest BCUT2D eigenvalue weighted by Gasteiger charge is 2.16. The van der Waals surface area contributed by atoms with Gasteiger partial charge in [0.25, 0.3) is 0 Å². The Morgan fingerprint density at radius 3 is 2.68 bits per heavy atom. The Morgan fingerprint density at radius 1 is 1.07 bits per heavy atom. The highest BCUT2D eigenvalue weighted by atomic mass is 32.2. The van der Waals surface area contributed by atoms with E-state index >= 15 is 0 Å². The molecule has 28 heavy (non-hydrogen) atoms. The van der Waals surface area contributed by atoms with Gasteiger partial charge in [0.2, 0.25) is 10.0 Å². The molecule has 4 nitrogen and oxygen atoms in total. The molecule has 0 saturated carbocycles. The molecule has 1 aliphatic rings. The summed E-state index contributed by atoms with van der Waals surface area (Å²) in [5.41, 5.74) is 3.46. The Hall–Kier alpha value is -2.55. The van der Waals surface area contributed by atoms with Crippen molar-refractivity contribution in [3.8, 4) is 17.6 Å². The number of allylic oxidation sites excluding steroid dienone is 1. The van der Waals surface area contributed by atoms with E-state index in [4.69, 9.17) is 4.74 Å². The minimum Gasteiger partial charge on any atom is -0.481 e. The van der Waals surface area contributed by atoms with Gasteiger partial charge in [0.1, 0.15) is 12.4 Å². The number of ether oxygens (including phenoxy) is 1. The van der Waals surface area contributed by atoms with Gasteiger partial charge in [-0.05, 0) is 67.0 Å². The maximum absolute atomic E-state index is 12.5. The number of benzene rings is 2. The number of para-hydroxylation sites is 1. The summed E-state index contributed by atoms with van der Waals surface area (Å²) in [6.45, 7) is 4.00. The molecule has 0 aliphatic heterocycles. The number of sulfonamides is 1. The van der Waals surface area contributed by atoms with E-state index in [0.29, 0.717) is 4.90 Å². The summed E-state index contributed by atoms with van der Waals surface area (Å²) in [7, 11) is -3.55. The van der Waals surface area contributed by atoms with E-state index in [9.17, 15) is 8.42 Å². The standard InChI is InChI=1S/C23H25NO3S/c1-2-9-20-11-5-6-13-23(20)27-17-8-7-16-24-28(25,26)22-15-14-19-10-3-4-12-21(19)18-22/h2,5-6,11,13-15,18,24H,1,3-4,9-10,12,16-17H2. The van der Waals surface area contributed by atoms with Crippen LogP contribution in [0.1, 0.15) is 29.5 Å². The lowest BCUT2D eigenvalue weighted by Crippen LogP contribution is -2.24. The highest BCUT2D eigenvalue weighted by molar-refractivity contribution is 7.89. The van der Waals surface area contributed by atoms with Crippen LogP contribution in [0.2, 0.25) is 0 Å². The molecule has 0 heterocycles. The van der Waals surface area contributed by atoms with Crippen LogP contribution in [0.4, 0.5) is 0 Å². The minimum absolute atomic E-state index is 0.0527. The van der Waals surface area contributed by atoms with Crippen molar-refractivity contribution in [2.75, 3.05) is 13.2 Å². The number of rotatable bonds is 7. The first-order chi connectivity index (χ1) is 13.6. The Labute approximate surface area is 167 Å². The summed E-state index contributed by atoms with van der Waals surface area (Å²) in [6.07, 6.45) is 6.82. The van der Waals surface area contributed by atoms with Crippen molar-refractivity contribution in [1.82, 2.24) is 4.72 Å². The number of aryl methyl sites for hydroxylation is 2. The molecule has 1 N–H and O–H groups in total. The molecule has 146 valence electrons. The number of nitrogens with one attached hydrogen (secondary N) is 1. The average molecular weight is 396 g/mol. The van der Waals surface area contributed by atoms with E-state index in [-0.39, 0.29) is 13.2 Å². The van der Waals surface area contributed by atoms with Crippen LogP contribution in [0.3, 0.4) is 0 Å². The maximum atomic E-state index is 12.5. The third kappa shape index (κ3) is 5.25. The van der Waals surface area contributed by atoms with Crippen molar-refractivity contribution in [3.05, 3.63) is 71.8 Å². The van der Waals surface area contributed by atoms with Gasteiger partial charge in [-0.2, -0.15) is 4.72 Å². The van der Waals surface area contributed by atoms with Crippen molar-refractivity contribution in [2.45, 2.75) is 37.0 Å². The topological polar surface area (TPSA) is 55.4 Å². The molecule has 0 bridgehead atoms. The van der Waals surface area contributed by atoms with E-state index < -0.39 is 10.0 Å². The molecule has 0 aromatic heterocycles. The zero-order valence-corrected chi connectivity index (χ0v) is 16.7. The first-order valence-electron chi connectivity index (χ1n) is 9.49. The van der Waals surface area contributed by atoms with E-state index in [0.717, 1.165) is 42.6 Å². The Bertz CT molecular complexity index is 1000. The summed E-state index contributed by atoms with van der Waals surface area (Å²) in [5.74, 6) is 6.43. The summed E-state index contributed by atoms with van der Waals surface area (Å²) in [5, 5.41) is 0. The second-order valence-corrected chi connectivity index (χ2v) is 8.47. The number of hydrogen-bond donors (Lipinski definition) is 1. The minimum atomic E-state index is -3.55. The first-order valence-corrected chi connectivity index (χ1v) is 11.0. The van der Waals surface area contributed by atoms with Crippen LogP contribution in [-0.2, 0) is 29.3 Å². The molecule has 2 aromatic rings. The van der Waals surface area contributed by atoms with Crippen LogP contribution in [0, 0.1) is 11.8 Å². The van der Waals surface area contributed by atoms with Crippen LogP contribution in [-0.4, -0.2) is 21.6 Å². The normalized spacial score (nSPS) is 13.1. The molecule has 0 saturated heterocycles. The Balaban J connectivity index is 1.53. The molecular weight excluding hydrogens is 370 g/mol. The zero-order chi connectivity index (χ0) is 19.8. The van der Waals surface area contributed by atoms with Gasteiger partial charge in [0.05, 0.1) is 11.4 Å². The Kier molecular flexibility index (Phi) is 6.91. The van der Waals surface area contributed by atoms with Crippen LogP contribution >= 0.6 is 0 Å². The molecule has 0 fully saturated rings. The van der Waals surface area contributed by atoms with E-state index in [1.807, 2.05) is 36.4 Å².